The molecule has 0 atom stereocenters. The molecule has 0 amide bonds. The molecule has 1 heterocycles. The zero-order valence-electron chi connectivity index (χ0n) is 9.34. The third-order valence-corrected chi connectivity index (χ3v) is 3.03. The van der Waals surface area contributed by atoms with E-state index in [9.17, 15) is 0 Å². The van der Waals surface area contributed by atoms with Crippen LogP contribution in [0.2, 0.25) is 0 Å². The van der Waals surface area contributed by atoms with Gasteiger partial charge in [0.05, 0.1) is 0 Å². The van der Waals surface area contributed by atoms with Crippen molar-refractivity contribution >= 4 is 0 Å². The number of rotatable bonds is 2. The van der Waals surface area contributed by atoms with Crippen molar-refractivity contribution < 1.29 is 0 Å². The van der Waals surface area contributed by atoms with Crippen molar-refractivity contribution in [1.29, 1.82) is 0 Å². The van der Waals surface area contributed by atoms with Crippen LogP contribution in [-0.2, 0) is 0 Å². The molecule has 0 aromatic carbocycles. The van der Waals surface area contributed by atoms with Crippen LogP contribution in [0.25, 0.3) is 0 Å². The Morgan fingerprint density at radius 3 is 2.69 bits per heavy atom. The molecule has 0 aliphatic carbocycles. The third kappa shape index (κ3) is 3.95. The molecule has 0 radical (unpaired) electrons. The Balaban J connectivity index is 2.36. The highest BCUT2D eigenvalue weighted by Gasteiger charge is 2.22. The van der Waals surface area contributed by atoms with Crippen molar-refractivity contribution in [1.82, 2.24) is 4.90 Å². The maximum Gasteiger partial charge on any atom is 0.0163 e. The summed E-state index contributed by atoms with van der Waals surface area (Å²) < 4.78 is 0. The fourth-order valence-electron chi connectivity index (χ4n) is 1.92. The van der Waals surface area contributed by atoms with Gasteiger partial charge in [-0.1, -0.05) is 26.0 Å². The first-order valence-electron chi connectivity index (χ1n) is 5.47. The molecule has 1 fully saturated rings. The summed E-state index contributed by atoms with van der Waals surface area (Å²) in [5, 5.41) is 0. The van der Waals surface area contributed by atoms with Crippen LogP contribution in [0.3, 0.4) is 0 Å². The van der Waals surface area contributed by atoms with E-state index in [0.717, 1.165) is 6.54 Å². The lowest BCUT2D eigenvalue weighted by atomic mass is 9.85. The zero-order valence-corrected chi connectivity index (χ0v) is 9.34. The zero-order chi connectivity index (χ0) is 9.73. The summed E-state index contributed by atoms with van der Waals surface area (Å²) in [5.74, 6) is 0. The number of likely N-dealkylation sites (tertiary alicyclic amines) is 1. The molecule has 76 valence electrons. The number of hydrogen-bond donors (Lipinski definition) is 0. The highest BCUT2D eigenvalue weighted by Crippen LogP contribution is 2.29. The number of nitrogens with zero attached hydrogens (tertiary/aromatic N) is 1. The van der Waals surface area contributed by atoms with E-state index < -0.39 is 0 Å². The molecule has 0 aromatic rings. The average Bonchev–Trinajstić information content (AvgIpc) is 2.23. The van der Waals surface area contributed by atoms with Gasteiger partial charge in [0.25, 0.3) is 0 Å². The lowest BCUT2D eigenvalue weighted by Gasteiger charge is -2.22. The average molecular weight is 181 g/mol. The van der Waals surface area contributed by atoms with Gasteiger partial charge in [0, 0.05) is 6.54 Å². The molecule has 0 aromatic heterocycles. The largest absolute Gasteiger partial charge is 0.300 e. The second-order valence-electron chi connectivity index (χ2n) is 4.89. The third-order valence-electron chi connectivity index (χ3n) is 3.03. The van der Waals surface area contributed by atoms with E-state index in [2.05, 4.69) is 37.8 Å². The van der Waals surface area contributed by atoms with Gasteiger partial charge in [0.1, 0.15) is 0 Å². The Labute approximate surface area is 82.8 Å². The Bertz CT molecular complexity index is 170. The maximum atomic E-state index is 2.56. The standard InChI is InChI=1S/C12H23N/c1-4-5-9-13-10-6-7-12(2,3)8-11-13/h4-5H,6-11H2,1-3H3/b5-4+. The summed E-state index contributed by atoms with van der Waals surface area (Å²) in [6.45, 7) is 10.6. The quantitative estimate of drug-likeness (QED) is 0.592. The summed E-state index contributed by atoms with van der Waals surface area (Å²) in [5.41, 5.74) is 0.574. The molecule has 13 heavy (non-hydrogen) atoms. The van der Waals surface area contributed by atoms with E-state index in [-0.39, 0.29) is 0 Å². The first kappa shape index (κ1) is 10.8. The fourth-order valence-corrected chi connectivity index (χ4v) is 1.92. The van der Waals surface area contributed by atoms with E-state index in [1.54, 1.807) is 0 Å². The van der Waals surface area contributed by atoms with Crippen molar-refractivity contribution in [3.8, 4) is 0 Å². The van der Waals surface area contributed by atoms with Gasteiger partial charge in [-0.15, -0.1) is 0 Å². The Hall–Kier alpha value is -0.300. The van der Waals surface area contributed by atoms with Gasteiger partial charge >= 0.3 is 0 Å². The van der Waals surface area contributed by atoms with Crippen LogP contribution in [0.5, 0.6) is 0 Å². The molecule has 0 bridgehead atoms. The minimum absolute atomic E-state index is 0.574. The lowest BCUT2D eigenvalue weighted by Crippen LogP contribution is -2.25. The van der Waals surface area contributed by atoms with E-state index >= 15 is 0 Å². The first-order chi connectivity index (χ1) is 6.14. The molecule has 1 nitrogen and oxygen atoms in total. The topological polar surface area (TPSA) is 3.24 Å². The smallest absolute Gasteiger partial charge is 0.0163 e. The van der Waals surface area contributed by atoms with Crippen molar-refractivity contribution in [3.63, 3.8) is 0 Å². The van der Waals surface area contributed by atoms with Gasteiger partial charge < -0.3 is 0 Å². The SMILES string of the molecule is C/C=C/CN1CCCC(C)(C)CC1. The number of hydrogen-bond acceptors (Lipinski definition) is 1. The minimum atomic E-state index is 0.574. The van der Waals surface area contributed by atoms with E-state index in [0.29, 0.717) is 5.41 Å². The lowest BCUT2D eigenvalue weighted by molar-refractivity contribution is 0.281. The van der Waals surface area contributed by atoms with Crippen LogP contribution >= 0.6 is 0 Å². The van der Waals surface area contributed by atoms with Crippen LogP contribution < -0.4 is 0 Å². The van der Waals surface area contributed by atoms with Gasteiger partial charge in [0.15, 0.2) is 0 Å². The summed E-state index contributed by atoms with van der Waals surface area (Å²) >= 11 is 0. The van der Waals surface area contributed by atoms with Crippen LogP contribution in [0.15, 0.2) is 12.2 Å². The van der Waals surface area contributed by atoms with Crippen molar-refractivity contribution in [2.75, 3.05) is 19.6 Å². The second kappa shape index (κ2) is 4.80. The molecule has 1 saturated heterocycles. The van der Waals surface area contributed by atoms with Gasteiger partial charge in [-0.25, -0.2) is 0 Å². The molecule has 1 rings (SSSR count). The van der Waals surface area contributed by atoms with Gasteiger partial charge in [0.2, 0.25) is 0 Å². The van der Waals surface area contributed by atoms with E-state index in [4.69, 9.17) is 0 Å². The van der Waals surface area contributed by atoms with Crippen LogP contribution in [0.4, 0.5) is 0 Å². The van der Waals surface area contributed by atoms with Crippen LogP contribution in [0, 0.1) is 5.41 Å². The Kier molecular flexibility index (Phi) is 3.98. The summed E-state index contributed by atoms with van der Waals surface area (Å²) in [6.07, 6.45) is 8.52. The summed E-state index contributed by atoms with van der Waals surface area (Å²) in [7, 11) is 0. The fraction of sp³-hybridized carbons (Fsp3) is 0.833. The highest BCUT2D eigenvalue weighted by molar-refractivity contribution is 4.84. The molecule has 1 aliphatic rings. The minimum Gasteiger partial charge on any atom is -0.300 e. The van der Waals surface area contributed by atoms with Crippen molar-refractivity contribution in [3.05, 3.63) is 12.2 Å². The summed E-state index contributed by atoms with van der Waals surface area (Å²) in [4.78, 5) is 2.56. The second-order valence-corrected chi connectivity index (χ2v) is 4.89. The molecule has 1 heteroatoms. The molecular formula is C12H23N. The summed E-state index contributed by atoms with van der Waals surface area (Å²) in [6, 6.07) is 0. The maximum absolute atomic E-state index is 2.56. The van der Waals surface area contributed by atoms with Gasteiger partial charge in [-0.2, -0.15) is 0 Å². The van der Waals surface area contributed by atoms with Crippen molar-refractivity contribution in [2.24, 2.45) is 5.41 Å². The van der Waals surface area contributed by atoms with Crippen LogP contribution in [-0.4, -0.2) is 24.5 Å². The molecule has 0 unspecified atom stereocenters. The predicted molar refractivity (Wildman–Crippen MR) is 58.9 cm³/mol. The molecule has 1 aliphatic heterocycles. The molecule has 0 N–H and O–H groups in total. The predicted octanol–water partition coefficient (Wildman–Crippen LogP) is 3.07. The Morgan fingerprint density at radius 1 is 1.23 bits per heavy atom. The molecule has 0 spiro atoms. The molecule has 0 saturated carbocycles. The van der Waals surface area contributed by atoms with Gasteiger partial charge in [-0.05, 0) is 44.7 Å². The first-order valence-corrected chi connectivity index (χ1v) is 5.47. The Morgan fingerprint density at radius 2 is 2.00 bits per heavy atom. The normalized spacial score (nSPS) is 24.8. The van der Waals surface area contributed by atoms with Crippen LogP contribution in [0.1, 0.15) is 40.0 Å². The van der Waals surface area contributed by atoms with E-state index in [1.165, 1.54) is 32.4 Å². The van der Waals surface area contributed by atoms with E-state index in [1.807, 2.05) is 0 Å². The number of allylic oxidation sites excluding steroid dienone is 1. The highest BCUT2D eigenvalue weighted by atomic mass is 15.1. The monoisotopic (exact) mass is 181 g/mol. The molecular weight excluding hydrogens is 158 g/mol. The van der Waals surface area contributed by atoms with Gasteiger partial charge in [-0.3, -0.25) is 4.90 Å². The van der Waals surface area contributed by atoms with Crippen molar-refractivity contribution in [2.45, 2.75) is 40.0 Å².